The Balaban J connectivity index is 2.06. The Bertz CT molecular complexity index is 905. The molecule has 8 nitrogen and oxygen atoms in total. The molecule has 11 heteroatoms. The van der Waals surface area contributed by atoms with E-state index in [9.17, 15) is 26.8 Å². The number of hydrogen-bond acceptors (Lipinski definition) is 6. The number of nitrogens with two attached hydrogens (primary N) is 1. The highest BCUT2D eigenvalue weighted by Crippen LogP contribution is 2.19. The van der Waals surface area contributed by atoms with Gasteiger partial charge in [0.2, 0.25) is 10.9 Å². The summed E-state index contributed by atoms with van der Waals surface area (Å²) >= 11 is 0. The highest BCUT2D eigenvalue weighted by atomic mass is 32.2. The van der Waals surface area contributed by atoms with Gasteiger partial charge < -0.3 is 14.5 Å². The molecule has 1 atom stereocenters. The van der Waals surface area contributed by atoms with Crippen LogP contribution in [-0.2, 0) is 19.6 Å². The number of sulfonamides is 1. The van der Waals surface area contributed by atoms with Crippen LogP contribution in [0.25, 0.3) is 0 Å². The second kappa shape index (κ2) is 6.99. The summed E-state index contributed by atoms with van der Waals surface area (Å²) in [6.45, 7) is 1.15. The first kappa shape index (κ1) is 18.5. The van der Waals surface area contributed by atoms with E-state index >= 15 is 0 Å². The molecule has 0 saturated heterocycles. The van der Waals surface area contributed by atoms with Gasteiger partial charge in [0, 0.05) is 0 Å². The van der Waals surface area contributed by atoms with Crippen LogP contribution < -0.4 is 10.5 Å². The van der Waals surface area contributed by atoms with Crippen LogP contribution in [0, 0.1) is 11.6 Å². The number of carbonyl (C=O) groups is 2. The lowest BCUT2D eigenvalue weighted by Gasteiger charge is -2.13. The molecule has 3 N–H and O–H groups in total. The summed E-state index contributed by atoms with van der Waals surface area (Å²) in [6, 6.07) is 4.92. The zero-order valence-electron chi connectivity index (χ0n) is 12.7. The number of para-hydroxylation sites is 1. The number of esters is 1. The summed E-state index contributed by atoms with van der Waals surface area (Å²) in [5.74, 6) is -4.69. The lowest BCUT2D eigenvalue weighted by atomic mass is 10.2. The first-order valence-corrected chi connectivity index (χ1v) is 8.22. The van der Waals surface area contributed by atoms with Crippen LogP contribution >= 0.6 is 0 Å². The van der Waals surface area contributed by atoms with Gasteiger partial charge in [0.05, 0.1) is 0 Å². The Morgan fingerprint density at radius 3 is 2.32 bits per heavy atom. The van der Waals surface area contributed by atoms with Crippen LogP contribution in [0.2, 0.25) is 0 Å². The average molecular weight is 374 g/mol. The fourth-order valence-electron chi connectivity index (χ4n) is 1.70. The molecule has 0 aliphatic carbocycles. The largest absolute Gasteiger partial charge is 0.447 e. The zero-order valence-corrected chi connectivity index (χ0v) is 13.5. The van der Waals surface area contributed by atoms with E-state index in [-0.39, 0.29) is 0 Å². The van der Waals surface area contributed by atoms with E-state index in [0.29, 0.717) is 0 Å². The van der Waals surface area contributed by atoms with Gasteiger partial charge in [-0.2, -0.15) is 0 Å². The Labute approximate surface area is 140 Å². The molecule has 25 heavy (non-hydrogen) atoms. The number of rotatable bonds is 5. The van der Waals surface area contributed by atoms with Crippen molar-refractivity contribution < 1.29 is 35.9 Å². The Kier molecular flexibility index (Phi) is 5.18. The molecule has 1 unspecified atom stereocenters. The van der Waals surface area contributed by atoms with Crippen molar-refractivity contribution in [3.05, 3.63) is 47.7 Å². The number of hydrogen-bond donors (Lipinski definition) is 2. The summed E-state index contributed by atoms with van der Waals surface area (Å²) in [5.41, 5.74) is -0.690. The lowest BCUT2D eigenvalue weighted by Crippen LogP contribution is -2.30. The maximum absolute atomic E-state index is 13.5. The number of ether oxygens (including phenoxy) is 1. The minimum absolute atomic E-state index is 0.513. The first-order chi connectivity index (χ1) is 11.6. The number of halogens is 2. The maximum atomic E-state index is 13.5. The predicted octanol–water partition coefficient (Wildman–Crippen LogP) is 1.39. The normalized spacial score (nSPS) is 12.5. The molecule has 2 aromatic rings. The van der Waals surface area contributed by atoms with E-state index in [4.69, 9.17) is 14.3 Å². The van der Waals surface area contributed by atoms with E-state index in [1.54, 1.807) is 0 Å². The van der Waals surface area contributed by atoms with Gasteiger partial charge >= 0.3 is 5.97 Å². The first-order valence-electron chi connectivity index (χ1n) is 6.68. The lowest BCUT2D eigenvalue weighted by molar-refractivity contribution is -0.123. The van der Waals surface area contributed by atoms with Gasteiger partial charge in [-0.1, -0.05) is 6.07 Å². The SMILES string of the molecule is CC(OC(=O)c1ccc(S(N)(=O)=O)o1)C(=O)Nc1c(F)cccc1F. The third-order valence-electron chi connectivity index (χ3n) is 2.93. The summed E-state index contributed by atoms with van der Waals surface area (Å²) in [7, 11) is -4.15. The molecular formula is C14H12F2N2O6S. The van der Waals surface area contributed by atoms with Crippen molar-refractivity contribution in [1.82, 2.24) is 0 Å². The number of amides is 1. The van der Waals surface area contributed by atoms with E-state index in [1.165, 1.54) is 0 Å². The van der Waals surface area contributed by atoms with Crippen molar-refractivity contribution in [2.75, 3.05) is 5.32 Å². The van der Waals surface area contributed by atoms with E-state index in [0.717, 1.165) is 37.3 Å². The van der Waals surface area contributed by atoms with Gasteiger partial charge in [-0.05, 0) is 31.2 Å². The van der Waals surface area contributed by atoms with Gasteiger partial charge in [-0.3, -0.25) is 4.79 Å². The van der Waals surface area contributed by atoms with Crippen molar-refractivity contribution in [3.8, 4) is 0 Å². The van der Waals surface area contributed by atoms with Crippen molar-refractivity contribution >= 4 is 27.6 Å². The molecule has 0 spiro atoms. The average Bonchev–Trinajstić information content (AvgIpc) is 3.01. The van der Waals surface area contributed by atoms with Gasteiger partial charge in [0.1, 0.15) is 17.3 Å². The van der Waals surface area contributed by atoms with Crippen molar-refractivity contribution in [2.24, 2.45) is 5.14 Å². The van der Waals surface area contributed by atoms with Gasteiger partial charge in [0.15, 0.2) is 6.10 Å². The number of furan rings is 1. The Morgan fingerprint density at radius 1 is 1.20 bits per heavy atom. The van der Waals surface area contributed by atoms with Crippen LogP contribution in [-0.4, -0.2) is 26.4 Å². The van der Waals surface area contributed by atoms with Crippen molar-refractivity contribution in [1.29, 1.82) is 0 Å². The smallest absolute Gasteiger partial charge is 0.375 e. The van der Waals surface area contributed by atoms with Gasteiger partial charge in [0.25, 0.3) is 15.9 Å². The summed E-state index contributed by atoms with van der Waals surface area (Å²) in [6.07, 6.45) is -1.45. The number of nitrogens with one attached hydrogen (secondary N) is 1. The van der Waals surface area contributed by atoms with E-state index in [1.807, 2.05) is 5.32 Å². The molecule has 1 heterocycles. The number of primary sulfonamides is 1. The fourth-order valence-corrected chi connectivity index (χ4v) is 2.16. The molecule has 0 aliphatic heterocycles. The van der Waals surface area contributed by atoms with Crippen LogP contribution in [0.4, 0.5) is 14.5 Å². The van der Waals surface area contributed by atoms with Crippen LogP contribution in [0.1, 0.15) is 17.5 Å². The molecule has 2 rings (SSSR count). The molecule has 1 aromatic heterocycles. The monoisotopic (exact) mass is 374 g/mol. The molecule has 0 saturated carbocycles. The summed E-state index contributed by atoms with van der Waals surface area (Å²) < 4.78 is 58.5. The van der Waals surface area contributed by atoms with Gasteiger partial charge in [-0.15, -0.1) is 0 Å². The van der Waals surface area contributed by atoms with Gasteiger partial charge in [-0.25, -0.2) is 27.1 Å². The quantitative estimate of drug-likeness (QED) is 0.761. The van der Waals surface area contributed by atoms with Crippen LogP contribution in [0.5, 0.6) is 0 Å². The zero-order chi connectivity index (χ0) is 18.8. The van der Waals surface area contributed by atoms with Crippen LogP contribution in [0.3, 0.4) is 0 Å². The molecule has 0 fully saturated rings. The number of anilines is 1. The van der Waals surface area contributed by atoms with E-state index < -0.39 is 56.2 Å². The third kappa shape index (κ3) is 4.39. The highest BCUT2D eigenvalue weighted by molar-refractivity contribution is 7.89. The highest BCUT2D eigenvalue weighted by Gasteiger charge is 2.24. The van der Waals surface area contributed by atoms with E-state index in [2.05, 4.69) is 0 Å². The fraction of sp³-hybridized carbons (Fsp3) is 0.143. The molecule has 1 amide bonds. The maximum Gasteiger partial charge on any atom is 0.375 e. The molecule has 0 radical (unpaired) electrons. The molecule has 0 aliphatic rings. The topological polar surface area (TPSA) is 129 Å². The second-order valence-corrected chi connectivity index (χ2v) is 6.29. The number of carbonyl (C=O) groups excluding carboxylic acids is 2. The van der Waals surface area contributed by atoms with Crippen molar-refractivity contribution in [2.45, 2.75) is 18.1 Å². The third-order valence-corrected chi connectivity index (χ3v) is 3.71. The summed E-state index contributed by atoms with van der Waals surface area (Å²) in [5, 5.41) is 6.12. The molecule has 1 aromatic carbocycles. The predicted molar refractivity (Wildman–Crippen MR) is 79.9 cm³/mol. The minimum atomic E-state index is -4.15. The standard InChI is InChI=1S/C14H12F2N2O6S/c1-7(13(19)18-12-8(15)3-2-4-9(12)16)23-14(20)10-5-6-11(24-10)25(17,21)22/h2-7H,1H3,(H,18,19)(H2,17,21,22). The Hall–Kier alpha value is -2.79. The summed E-state index contributed by atoms with van der Waals surface area (Å²) in [4.78, 5) is 23.7. The minimum Gasteiger partial charge on any atom is -0.447 e. The second-order valence-electron chi connectivity index (χ2n) is 4.80. The number of benzene rings is 1. The Morgan fingerprint density at radius 2 is 1.80 bits per heavy atom. The van der Waals surface area contributed by atoms with Crippen molar-refractivity contribution in [3.63, 3.8) is 0 Å². The molecular weight excluding hydrogens is 362 g/mol. The molecule has 134 valence electrons. The van der Waals surface area contributed by atoms with Crippen LogP contribution in [0.15, 0.2) is 39.8 Å². The molecule has 0 bridgehead atoms.